The van der Waals surface area contributed by atoms with Gasteiger partial charge in [0.15, 0.2) is 12.2 Å². The number of ether oxygens (including phenoxy) is 4. The number of nitrogens with zero attached hydrogens (tertiary/aromatic N) is 1. The van der Waals surface area contributed by atoms with E-state index in [1.165, 1.54) is 12.2 Å². The summed E-state index contributed by atoms with van der Waals surface area (Å²) in [6, 6.07) is 0. The molecule has 3 heterocycles. The molecule has 264 valence electrons. The lowest BCUT2D eigenvalue weighted by Crippen LogP contribution is -2.51. The molecule has 2 amide bonds. The predicted octanol–water partition coefficient (Wildman–Crippen LogP) is 5.89. The summed E-state index contributed by atoms with van der Waals surface area (Å²) in [5.41, 5.74) is 1.55. The summed E-state index contributed by atoms with van der Waals surface area (Å²) < 4.78 is 28.1. The molecule has 0 spiro atoms. The standard InChI is InChI=1S/C35H47ClN2O10/c1-5-6-7-8-9-16-29(40)44-20-13-12-14-25(36)31(42)33-34(48-35(43)37-24(4)39)32-27(46-32)19-18-22(2)21-28-38-26(23(3)45-28)15-10-11-17-30(41)47-33/h10-12,14-15,17,21,25,27,31-34,42H,5-9,13,16,18-20H2,1-4H3,(H,37,39,43). The Bertz CT molecular complexity index is 1370. The van der Waals surface area contributed by atoms with Gasteiger partial charge in [-0.3, -0.25) is 14.9 Å². The second-order valence-electron chi connectivity index (χ2n) is 11.9. The van der Waals surface area contributed by atoms with Crippen molar-refractivity contribution in [2.75, 3.05) is 6.61 Å². The molecule has 1 saturated heterocycles. The molecule has 2 aliphatic rings. The molecule has 2 N–H and O–H groups in total. The molecule has 12 nitrogen and oxygen atoms in total. The number of aromatic nitrogens is 1. The van der Waals surface area contributed by atoms with Crippen LogP contribution in [0.5, 0.6) is 0 Å². The number of epoxide rings is 1. The molecule has 0 saturated carbocycles. The molecular formula is C35H47ClN2O10. The van der Waals surface area contributed by atoms with Crippen LogP contribution >= 0.6 is 11.6 Å². The molecule has 3 rings (SSSR count). The lowest BCUT2D eigenvalue weighted by Gasteiger charge is -2.30. The third-order valence-electron chi connectivity index (χ3n) is 7.70. The van der Waals surface area contributed by atoms with Crippen molar-refractivity contribution in [2.24, 2.45) is 0 Å². The third kappa shape index (κ3) is 13.4. The van der Waals surface area contributed by atoms with Crippen LogP contribution in [0.25, 0.3) is 12.2 Å². The van der Waals surface area contributed by atoms with E-state index in [9.17, 15) is 24.3 Å². The van der Waals surface area contributed by atoms with Crippen molar-refractivity contribution < 1.29 is 47.6 Å². The fourth-order valence-corrected chi connectivity index (χ4v) is 5.33. The average molecular weight is 691 g/mol. The van der Waals surface area contributed by atoms with Crippen molar-refractivity contribution in [1.29, 1.82) is 0 Å². The fourth-order valence-electron chi connectivity index (χ4n) is 5.09. The minimum absolute atomic E-state index is 0.137. The van der Waals surface area contributed by atoms with E-state index < -0.39 is 53.9 Å². The highest BCUT2D eigenvalue weighted by atomic mass is 35.5. The number of fused-ring (bicyclic) bond motifs is 3. The zero-order valence-electron chi connectivity index (χ0n) is 28.0. The highest BCUT2D eigenvalue weighted by molar-refractivity contribution is 6.22. The number of esters is 2. The van der Waals surface area contributed by atoms with Crippen LogP contribution in [0.1, 0.15) is 95.9 Å². The van der Waals surface area contributed by atoms with Gasteiger partial charge < -0.3 is 28.5 Å². The Morgan fingerprint density at radius 3 is 2.67 bits per heavy atom. The van der Waals surface area contributed by atoms with E-state index in [-0.39, 0.29) is 12.6 Å². The van der Waals surface area contributed by atoms with Crippen LogP contribution in [-0.4, -0.2) is 76.5 Å². The van der Waals surface area contributed by atoms with Crippen LogP contribution in [0.3, 0.4) is 0 Å². The number of imide groups is 1. The first-order valence-electron chi connectivity index (χ1n) is 16.5. The third-order valence-corrected chi connectivity index (χ3v) is 8.10. The summed E-state index contributed by atoms with van der Waals surface area (Å²) in [7, 11) is 0. The van der Waals surface area contributed by atoms with Crippen LogP contribution in [0.2, 0.25) is 0 Å². The maximum absolute atomic E-state index is 13.0. The highest BCUT2D eigenvalue weighted by Crippen LogP contribution is 2.36. The van der Waals surface area contributed by atoms with Crippen molar-refractivity contribution in [3.05, 3.63) is 53.3 Å². The zero-order valence-corrected chi connectivity index (χ0v) is 28.8. The van der Waals surface area contributed by atoms with Gasteiger partial charge in [-0.05, 0) is 51.7 Å². The van der Waals surface area contributed by atoms with Crippen LogP contribution in [0.15, 0.2) is 40.4 Å². The average Bonchev–Trinajstić information content (AvgIpc) is 3.72. The molecular weight excluding hydrogens is 644 g/mol. The summed E-state index contributed by atoms with van der Waals surface area (Å²) in [5.74, 6) is -0.740. The molecule has 0 aromatic carbocycles. The van der Waals surface area contributed by atoms with Crippen molar-refractivity contribution in [3.8, 4) is 0 Å². The minimum atomic E-state index is -1.57. The van der Waals surface area contributed by atoms with E-state index in [1.807, 2.05) is 18.3 Å². The number of hydrogen-bond donors (Lipinski definition) is 2. The number of alkyl carbamates (subject to hydrolysis) is 1. The summed E-state index contributed by atoms with van der Waals surface area (Å²) in [6.07, 6.45) is 11.0. The maximum atomic E-state index is 13.0. The van der Waals surface area contributed by atoms with E-state index in [0.29, 0.717) is 43.0 Å². The summed E-state index contributed by atoms with van der Waals surface area (Å²) in [4.78, 5) is 53.6. The van der Waals surface area contributed by atoms with Gasteiger partial charge in [0.1, 0.15) is 23.7 Å². The second-order valence-corrected chi connectivity index (χ2v) is 12.4. The lowest BCUT2D eigenvalue weighted by atomic mass is 9.98. The number of hydrogen-bond acceptors (Lipinski definition) is 11. The number of unbranched alkanes of at least 4 members (excludes halogenated alkanes) is 4. The Hall–Kier alpha value is -3.74. The number of aliphatic hydroxyl groups excluding tert-OH is 1. The monoisotopic (exact) mass is 690 g/mol. The van der Waals surface area contributed by atoms with Crippen LogP contribution in [0, 0.1) is 6.92 Å². The summed E-state index contributed by atoms with van der Waals surface area (Å²) >= 11 is 6.56. The van der Waals surface area contributed by atoms with Gasteiger partial charge in [0.05, 0.1) is 18.1 Å². The largest absolute Gasteiger partial charge is 0.465 e. The number of nitrogens with one attached hydrogen (secondary N) is 1. The van der Waals surface area contributed by atoms with Crippen molar-refractivity contribution in [2.45, 2.75) is 121 Å². The number of cyclic esters (lactones) is 1. The number of aryl methyl sites for hydroxylation is 1. The van der Waals surface area contributed by atoms with E-state index in [4.69, 9.17) is 35.0 Å². The molecule has 48 heavy (non-hydrogen) atoms. The summed E-state index contributed by atoms with van der Waals surface area (Å²) in [6.45, 7) is 7.12. The van der Waals surface area contributed by atoms with Crippen LogP contribution < -0.4 is 5.32 Å². The SMILES string of the molecule is CCCCCCCC(=O)OCCC=CC(Cl)C(O)C1OC(=O)C=CC=Cc2nc(oc2C)C=C(C)CCC2OC2C1OC(=O)NC(C)=O. The Balaban J connectivity index is 1.75. The van der Waals surface area contributed by atoms with Crippen molar-refractivity contribution in [1.82, 2.24) is 10.3 Å². The van der Waals surface area contributed by atoms with Gasteiger partial charge in [-0.2, -0.15) is 0 Å². The zero-order chi connectivity index (χ0) is 35.1. The summed E-state index contributed by atoms with van der Waals surface area (Å²) in [5, 5.41) is 12.3. The number of carbonyl (C=O) groups excluding carboxylic acids is 4. The number of allylic oxidation sites excluding steroid dienone is 3. The van der Waals surface area contributed by atoms with Gasteiger partial charge in [0.2, 0.25) is 11.8 Å². The molecule has 0 aliphatic carbocycles. The minimum Gasteiger partial charge on any atom is -0.465 e. The Kier molecular flexibility index (Phi) is 16.1. The number of halogens is 1. The molecule has 2 aliphatic heterocycles. The van der Waals surface area contributed by atoms with Crippen LogP contribution in [0.4, 0.5) is 4.79 Å². The van der Waals surface area contributed by atoms with Crippen molar-refractivity contribution >= 4 is 47.7 Å². The molecule has 6 atom stereocenters. The normalized spacial score (nSPS) is 22.5. The number of alkyl halides is 1. The maximum Gasteiger partial charge on any atom is 0.414 e. The van der Waals surface area contributed by atoms with Gasteiger partial charge in [0, 0.05) is 19.4 Å². The first-order chi connectivity index (χ1) is 23.0. The van der Waals surface area contributed by atoms with Gasteiger partial charge >= 0.3 is 18.0 Å². The van der Waals surface area contributed by atoms with E-state index in [0.717, 1.165) is 50.7 Å². The number of amides is 2. The van der Waals surface area contributed by atoms with E-state index >= 15 is 0 Å². The second kappa shape index (κ2) is 19.9. The van der Waals surface area contributed by atoms with Crippen LogP contribution in [-0.2, 0) is 33.3 Å². The van der Waals surface area contributed by atoms with Gasteiger partial charge in [0.25, 0.3) is 0 Å². The smallest absolute Gasteiger partial charge is 0.414 e. The molecule has 6 unspecified atom stereocenters. The Morgan fingerprint density at radius 1 is 1.17 bits per heavy atom. The number of carbonyl (C=O) groups is 4. The number of aliphatic hydroxyl groups is 1. The highest BCUT2D eigenvalue weighted by Gasteiger charge is 2.53. The van der Waals surface area contributed by atoms with Gasteiger partial charge in [-0.15, -0.1) is 11.6 Å². The molecule has 1 aromatic rings. The molecule has 13 heteroatoms. The van der Waals surface area contributed by atoms with E-state index in [2.05, 4.69) is 11.9 Å². The Morgan fingerprint density at radius 2 is 1.92 bits per heavy atom. The first-order valence-corrected chi connectivity index (χ1v) is 16.9. The molecule has 1 fully saturated rings. The lowest BCUT2D eigenvalue weighted by molar-refractivity contribution is -0.159. The Labute approximate surface area is 286 Å². The fraction of sp³-hybridized carbons (Fsp3) is 0.571. The van der Waals surface area contributed by atoms with E-state index in [1.54, 1.807) is 25.2 Å². The topological polar surface area (TPSA) is 167 Å². The van der Waals surface area contributed by atoms with Gasteiger partial charge in [-0.1, -0.05) is 62.5 Å². The number of oxazole rings is 1. The number of rotatable bonds is 13. The molecule has 0 radical (unpaired) electrons. The van der Waals surface area contributed by atoms with Crippen molar-refractivity contribution in [3.63, 3.8) is 0 Å². The first kappa shape index (κ1) is 38.7. The molecule has 2 bridgehead atoms. The predicted molar refractivity (Wildman–Crippen MR) is 179 cm³/mol. The molecule has 1 aromatic heterocycles. The quantitative estimate of drug-likeness (QED) is 0.0633. The van der Waals surface area contributed by atoms with Gasteiger partial charge in [-0.25, -0.2) is 14.6 Å².